The molecule has 1 aliphatic rings. The SMILES string of the molecule is CNC(Cc1ccc(C(F)(F)F)cc1)C1(C)CCCO1. The number of likely N-dealkylation sites (N-methyl/N-ethyl adjacent to an activating group) is 1. The summed E-state index contributed by atoms with van der Waals surface area (Å²) in [5.41, 5.74) is 0.0388. The fourth-order valence-electron chi connectivity index (χ4n) is 2.76. The molecule has 2 nitrogen and oxygen atoms in total. The van der Waals surface area contributed by atoms with Crippen LogP contribution >= 0.6 is 0 Å². The average Bonchev–Trinajstić information content (AvgIpc) is 2.83. The Labute approximate surface area is 117 Å². The molecular weight excluding hydrogens is 267 g/mol. The van der Waals surface area contributed by atoms with Crippen molar-refractivity contribution in [3.63, 3.8) is 0 Å². The highest BCUT2D eigenvalue weighted by Crippen LogP contribution is 2.32. The molecule has 1 N–H and O–H groups in total. The minimum atomic E-state index is -4.28. The van der Waals surface area contributed by atoms with E-state index in [4.69, 9.17) is 4.74 Å². The largest absolute Gasteiger partial charge is 0.416 e. The van der Waals surface area contributed by atoms with E-state index in [1.54, 1.807) is 12.1 Å². The number of hydrogen-bond donors (Lipinski definition) is 1. The maximum Gasteiger partial charge on any atom is 0.416 e. The third-order valence-corrected chi connectivity index (χ3v) is 4.06. The monoisotopic (exact) mass is 287 g/mol. The van der Waals surface area contributed by atoms with E-state index < -0.39 is 11.7 Å². The topological polar surface area (TPSA) is 21.3 Å². The van der Waals surface area contributed by atoms with Gasteiger partial charge in [-0.15, -0.1) is 0 Å². The number of rotatable bonds is 4. The third kappa shape index (κ3) is 3.33. The first-order valence-electron chi connectivity index (χ1n) is 6.82. The Morgan fingerprint density at radius 2 is 1.95 bits per heavy atom. The number of ether oxygens (including phenoxy) is 1. The van der Waals surface area contributed by atoms with E-state index in [-0.39, 0.29) is 11.6 Å². The van der Waals surface area contributed by atoms with Gasteiger partial charge in [0.25, 0.3) is 0 Å². The molecule has 1 heterocycles. The Balaban J connectivity index is 2.08. The molecule has 1 aromatic carbocycles. The predicted molar refractivity (Wildman–Crippen MR) is 71.6 cm³/mol. The van der Waals surface area contributed by atoms with Crippen LogP contribution < -0.4 is 5.32 Å². The number of halogens is 3. The maximum absolute atomic E-state index is 12.5. The van der Waals surface area contributed by atoms with E-state index in [1.165, 1.54) is 0 Å². The summed E-state index contributed by atoms with van der Waals surface area (Å²) in [6, 6.07) is 5.47. The zero-order valence-corrected chi connectivity index (χ0v) is 11.8. The first kappa shape index (κ1) is 15.3. The second-order valence-electron chi connectivity index (χ2n) is 5.50. The van der Waals surface area contributed by atoms with Gasteiger partial charge in [0.15, 0.2) is 0 Å². The summed E-state index contributed by atoms with van der Waals surface area (Å²) < 4.78 is 43.4. The molecule has 0 aromatic heterocycles. The second-order valence-corrected chi connectivity index (χ2v) is 5.50. The van der Waals surface area contributed by atoms with E-state index in [9.17, 15) is 13.2 Å². The third-order valence-electron chi connectivity index (χ3n) is 4.06. The molecule has 2 rings (SSSR count). The maximum atomic E-state index is 12.5. The lowest BCUT2D eigenvalue weighted by Crippen LogP contribution is -2.48. The van der Waals surface area contributed by atoms with E-state index in [0.717, 1.165) is 37.1 Å². The van der Waals surface area contributed by atoms with Crippen LogP contribution in [0.1, 0.15) is 30.9 Å². The molecular formula is C15H20F3NO. The number of alkyl halides is 3. The van der Waals surface area contributed by atoms with Crippen LogP contribution in [0.15, 0.2) is 24.3 Å². The van der Waals surface area contributed by atoms with Crippen molar-refractivity contribution in [3.8, 4) is 0 Å². The number of benzene rings is 1. The fourth-order valence-corrected chi connectivity index (χ4v) is 2.76. The molecule has 1 aromatic rings. The van der Waals surface area contributed by atoms with Gasteiger partial charge < -0.3 is 10.1 Å². The van der Waals surface area contributed by atoms with Crippen LogP contribution in [0.3, 0.4) is 0 Å². The van der Waals surface area contributed by atoms with Gasteiger partial charge in [-0.3, -0.25) is 0 Å². The smallest absolute Gasteiger partial charge is 0.374 e. The Morgan fingerprint density at radius 3 is 2.40 bits per heavy atom. The van der Waals surface area contributed by atoms with Crippen LogP contribution in [0, 0.1) is 0 Å². The highest BCUT2D eigenvalue weighted by atomic mass is 19.4. The summed E-state index contributed by atoms with van der Waals surface area (Å²) in [7, 11) is 1.86. The van der Waals surface area contributed by atoms with Gasteiger partial charge in [-0.1, -0.05) is 12.1 Å². The van der Waals surface area contributed by atoms with Gasteiger partial charge in [0, 0.05) is 12.6 Å². The molecule has 5 heteroatoms. The molecule has 0 spiro atoms. The minimum Gasteiger partial charge on any atom is -0.374 e. The molecule has 1 aliphatic heterocycles. The molecule has 1 fully saturated rings. The van der Waals surface area contributed by atoms with Crippen molar-refractivity contribution >= 4 is 0 Å². The number of nitrogens with one attached hydrogen (secondary N) is 1. The second kappa shape index (κ2) is 5.74. The zero-order chi connectivity index (χ0) is 14.8. The lowest BCUT2D eigenvalue weighted by atomic mass is 9.88. The molecule has 0 aliphatic carbocycles. The van der Waals surface area contributed by atoms with Crippen LogP contribution in [0.25, 0.3) is 0 Å². The van der Waals surface area contributed by atoms with Gasteiger partial charge in [-0.05, 0) is 50.9 Å². The molecule has 1 saturated heterocycles. The van der Waals surface area contributed by atoms with Gasteiger partial charge in [0.05, 0.1) is 11.2 Å². The van der Waals surface area contributed by atoms with Crippen molar-refractivity contribution in [2.24, 2.45) is 0 Å². The van der Waals surface area contributed by atoms with E-state index >= 15 is 0 Å². The molecule has 20 heavy (non-hydrogen) atoms. The predicted octanol–water partition coefficient (Wildman–Crippen LogP) is 3.41. The van der Waals surface area contributed by atoms with Gasteiger partial charge in [0.2, 0.25) is 0 Å². The first-order valence-corrected chi connectivity index (χ1v) is 6.82. The Morgan fingerprint density at radius 1 is 1.30 bits per heavy atom. The fraction of sp³-hybridized carbons (Fsp3) is 0.600. The zero-order valence-electron chi connectivity index (χ0n) is 11.8. The highest BCUT2D eigenvalue weighted by Gasteiger charge is 2.37. The Hall–Kier alpha value is -1.07. The van der Waals surface area contributed by atoms with Crippen molar-refractivity contribution < 1.29 is 17.9 Å². The summed E-state index contributed by atoms with van der Waals surface area (Å²) in [5, 5.41) is 3.23. The summed E-state index contributed by atoms with van der Waals surface area (Å²) in [5.74, 6) is 0. The van der Waals surface area contributed by atoms with E-state index in [0.29, 0.717) is 6.42 Å². The van der Waals surface area contributed by atoms with E-state index in [2.05, 4.69) is 12.2 Å². The van der Waals surface area contributed by atoms with Crippen molar-refractivity contribution in [2.45, 2.75) is 44.0 Å². The van der Waals surface area contributed by atoms with Crippen LogP contribution in [-0.4, -0.2) is 25.3 Å². The summed E-state index contributed by atoms with van der Waals surface area (Å²) in [6.07, 6.45) is -1.62. The Kier molecular flexibility index (Phi) is 4.39. The van der Waals surface area contributed by atoms with Crippen LogP contribution in [0.4, 0.5) is 13.2 Å². The first-order chi connectivity index (χ1) is 9.35. The molecule has 2 unspecified atom stereocenters. The van der Waals surface area contributed by atoms with Crippen molar-refractivity contribution in [2.75, 3.05) is 13.7 Å². The molecule has 0 bridgehead atoms. The lowest BCUT2D eigenvalue weighted by molar-refractivity contribution is -0.137. The van der Waals surface area contributed by atoms with Crippen LogP contribution in [0.5, 0.6) is 0 Å². The quantitative estimate of drug-likeness (QED) is 0.916. The molecule has 0 saturated carbocycles. The van der Waals surface area contributed by atoms with Crippen LogP contribution in [-0.2, 0) is 17.3 Å². The van der Waals surface area contributed by atoms with Gasteiger partial charge in [-0.2, -0.15) is 13.2 Å². The normalized spacial score (nSPS) is 24.9. The number of hydrogen-bond acceptors (Lipinski definition) is 2. The Bertz CT molecular complexity index is 435. The molecule has 0 amide bonds. The van der Waals surface area contributed by atoms with Gasteiger partial charge >= 0.3 is 6.18 Å². The van der Waals surface area contributed by atoms with E-state index in [1.807, 2.05) is 7.05 Å². The summed E-state index contributed by atoms with van der Waals surface area (Å²) in [6.45, 7) is 2.81. The minimum absolute atomic E-state index is 0.0988. The highest BCUT2D eigenvalue weighted by molar-refractivity contribution is 5.25. The molecule has 0 radical (unpaired) electrons. The van der Waals surface area contributed by atoms with Crippen molar-refractivity contribution in [3.05, 3.63) is 35.4 Å². The molecule has 2 atom stereocenters. The summed E-state index contributed by atoms with van der Waals surface area (Å²) in [4.78, 5) is 0. The van der Waals surface area contributed by atoms with Crippen molar-refractivity contribution in [1.82, 2.24) is 5.32 Å². The van der Waals surface area contributed by atoms with Crippen LogP contribution in [0.2, 0.25) is 0 Å². The standard InChI is InChI=1S/C15H20F3NO/c1-14(8-3-9-20-14)13(19-2)10-11-4-6-12(7-5-11)15(16,17)18/h4-7,13,19H,3,8-10H2,1-2H3. The van der Waals surface area contributed by atoms with Crippen molar-refractivity contribution in [1.29, 1.82) is 0 Å². The lowest BCUT2D eigenvalue weighted by Gasteiger charge is -2.33. The van der Waals surface area contributed by atoms with Gasteiger partial charge in [0.1, 0.15) is 0 Å². The summed E-state index contributed by atoms with van der Waals surface area (Å²) >= 11 is 0. The van der Waals surface area contributed by atoms with Gasteiger partial charge in [-0.25, -0.2) is 0 Å². The average molecular weight is 287 g/mol. The molecule has 112 valence electrons.